The first-order chi connectivity index (χ1) is 9.60. The molecule has 0 fully saturated rings. The van der Waals surface area contributed by atoms with Gasteiger partial charge < -0.3 is 4.74 Å². The molecule has 0 aliphatic carbocycles. The van der Waals surface area contributed by atoms with Crippen LogP contribution < -0.4 is 4.74 Å². The molecule has 1 atom stereocenters. The predicted molar refractivity (Wildman–Crippen MR) is 92.1 cm³/mol. The number of ether oxygens (including phenoxy) is 1. The summed E-state index contributed by atoms with van der Waals surface area (Å²) in [4.78, 5) is 0.469. The van der Waals surface area contributed by atoms with E-state index >= 15 is 0 Å². The summed E-state index contributed by atoms with van der Waals surface area (Å²) in [5.41, 5.74) is 3.85. The highest BCUT2D eigenvalue weighted by molar-refractivity contribution is 9.09. The minimum absolute atomic E-state index is 0.469. The van der Waals surface area contributed by atoms with Crippen molar-refractivity contribution in [2.45, 2.75) is 70.5 Å². The maximum atomic E-state index is 5.43. The summed E-state index contributed by atoms with van der Waals surface area (Å²) in [6.45, 7) is 6.52. The van der Waals surface area contributed by atoms with Crippen LogP contribution in [0.2, 0.25) is 0 Å². The molecule has 1 nitrogen and oxygen atoms in total. The Labute approximate surface area is 133 Å². The van der Waals surface area contributed by atoms with E-state index in [9.17, 15) is 0 Å². The summed E-state index contributed by atoms with van der Waals surface area (Å²) in [6.07, 6.45) is 9.37. The van der Waals surface area contributed by atoms with E-state index in [1.807, 2.05) is 0 Å². The Bertz CT molecular complexity index is 377. The topological polar surface area (TPSA) is 9.23 Å². The zero-order chi connectivity index (χ0) is 15.0. The van der Waals surface area contributed by atoms with E-state index in [1.165, 1.54) is 61.6 Å². The molecule has 1 aromatic carbocycles. The number of benzene rings is 1. The van der Waals surface area contributed by atoms with Gasteiger partial charge in [-0.2, -0.15) is 0 Å². The highest BCUT2D eigenvalue weighted by Gasteiger charge is 2.11. The van der Waals surface area contributed by atoms with Gasteiger partial charge in [0.25, 0.3) is 0 Å². The number of halogens is 1. The quantitative estimate of drug-likeness (QED) is 0.368. The molecule has 0 aliphatic heterocycles. The summed E-state index contributed by atoms with van der Waals surface area (Å²) >= 11 is 3.84. The molecular weight excluding hydrogens is 312 g/mol. The van der Waals surface area contributed by atoms with Crippen LogP contribution in [0.15, 0.2) is 12.1 Å². The third kappa shape index (κ3) is 5.47. The Morgan fingerprint density at radius 2 is 1.55 bits per heavy atom. The average Bonchev–Trinajstić information content (AvgIpc) is 2.42. The lowest BCUT2D eigenvalue weighted by atomic mass is 10.00. The molecule has 2 heteroatoms. The number of hydrogen-bond acceptors (Lipinski definition) is 1. The van der Waals surface area contributed by atoms with Crippen LogP contribution in [-0.4, -0.2) is 7.11 Å². The number of rotatable bonds is 9. The van der Waals surface area contributed by atoms with Crippen LogP contribution in [0.25, 0.3) is 0 Å². The molecule has 0 aromatic heterocycles. The normalized spacial score (nSPS) is 12.4. The van der Waals surface area contributed by atoms with Gasteiger partial charge in [0.2, 0.25) is 0 Å². The van der Waals surface area contributed by atoms with Gasteiger partial charge in [0.1, 0.15) is 5.75 Å². The maximum Gasteiger partial charge on any atom is 0.124 e. The molecule has 0 spiro atoms. The van der Waals surface area contributed by atoms with E-state index < -0.39 is 0 Å². The smallest absolute Gasteiger partial charge is 0.124 e. The summed E-state index contributed by atoms with van der Waals surface area (Å²) in [5.74, 6) is 1.02. The first-order valence-corrected chi connectivity index (χ1v) is 8.80. The van der Waals surface area contributed by atoms with Crippen molar-refractivity contribution in [2.24, 2.45) is 0 Å². The van der Waals surface area contributed by atoms with Crippen LogP contribution in [0.1, 0.15) is 73.4 Å². The molecule has 0 saturated carbocycles. The molecule has 0 radical (unpaired) electrons. The molecule has 1 aromatic rings. The van der Waals surface area contributed by atoms with Crippen molar-refractivity contribution in [1.82, 2.24) is 0 Å². The highest BCUT2D eigenvalue weighted by atomic mass is 79.9. The molecule has 1 rings (SSSR count). The van der Waals surface area contributed by atoms with Gasteiger partial charge in [-0.15, -0.1) is 0 Å². The van der Waals surface area contributed by atoms with Crippen LogP contribution in [0.3, 0.4) is 0 Å². The van der Waals surface area contributed by atoms with Crippen molar-refractivity contribution in [2.75, 3.05) is 7.11 Å². The zero-order valence-corrected chi connectivity index (χ0v) is 15.1. The lowest BCUT2D eigenvalue weighted by Gasteiger charge is -2.15. The second kappa shape index (κ2) is 9.44. The monoisotopic (exact) mass is 340 g/mol. The molecule has 0 aliphatic rings. The first-order valence-electron chi connectivity index (χ1n) is 7.89. The van der Waals surface area contributed by atoms with Crippen molar-refractivity contribution in [3.8, 4) is 5.75 Å². The molecular formula is C18H29BrO. The Kier molecular flexibility index (Phi) is 8.28. The third-order valence-electron chi connectivity index (χ3n) is 3.86. The SMILES string of the molecule is CCCCCCCCC(Br)c1cc(C)c(OC)c(C)c1. The fourth-order valence-corrected chi connectivity index (χ4v) is 3.35. The van der Waals surface area contributed by atoms with Crippen molar-refractivity contribution >= 4 is 15.9 Å². The van der Waals surface area contributed by atoms with E-state index in [4.69, 9.17) is 4.74 Å². The van der Waals surface area contributed by atoms with Gasteiger partial charge in [-0.1, -0.05) is 73.5 Å². The van der Waals surface area contributed by atoms with E-state index in [2.05, 4.69) is 48.8 Å². The summed E-state index contributed by atoms with van der Waals surface area (Å²) in [6, 6.07) is 4.50. The Balaban J connectivity index is 2.45. The summed E-state index contributed by atoms with van der Waals surface area (Å²) in [7, 11) is 1.75. The fourth-order valence-electron chi connectivity index (χ4n) is 2.76. The van der Waals surface area contributed by atoms with E-state index in [1.54, 1.807) is 7.11 Å². The predicted octanol–water partition coefficient (Wildman–Crippen LogP) is 6.50. The molecule has 1 unspecified atom stereocenters. The van der Waals surface area contributed by atoms with Crippen LogP contribution in [0, 0.1) is 13.8 Å². The minimum Gasteiger partial charge on any atom is -0.496 e. The van der Waals surface area contributed by atoms with Crippen molar-refractivity contribution < 1.29 is 4.74 Å². The van der Waals surface area contributed by atoms with E-state index in [0.717, 1.165) is 5.75 Å². The van der Waals surface area contributed by atoms with Gasteiger partial charge >= 0.3 is 0 Å². The molecule has 0 amide bonds. The standard InChI is InChI=1S/C18H29BrO/c1-5-6-7-8-9-10-11-17(19)16-12-14(2)18(20-4)15(3)13-16/h12-13,17H,5-11H2,1-4H3. The average molecular weight is 341 g/mol. The Morgan fingerprint density at radius 1 is 1.00 bits per heavy atom. The first kappa shape index (κ1) is 17.6. The van der Waals surface area contributed by atoms with Gasteiger partial charge in [0.15, 0.2) is 0 Å². The number of unbranched alkanes of at least 4 members (excludes halogenated alkanes) is 5. The largest absolute Gasteiger partial charge is 0.496 e. The zero-order valence-electron chi connectivity index (χ0n) is 13.5. The van der Waals surface area contributed by atoms with Gasteiger partial charge in [-0.3, -0.25) is 0 Å². The lowest BCUT2D eigenvalue weighted by Crippen LogP contribution is -1.96. The molecule has 0 bridgehead atoms. The van der Waals surface area contributed by atoms with E-state index in [0.29, 0.717) is 4.83 Å². The summed E-state index contributed by atoms with van der Waals surface area (Å²) in [5, 5.41) is 0. The Morgan fingerprint density at radius 3 is 2.10 bits per heavy atom. The lowest BCUT2D eigenvalue weighted by molar-refractivity contribution is 0.408. The van der Waals surface area contributed by atoms with Crippen molar-refractivity contribution in [3.05, 3.63) is 28.8 Å². The summed E-state index contributed by atoms with van der Waals surface area (Å²) < 4.78 is 5.43. The number of methoxy groups -OCH3 is 1. The number of hydrogen-bond donors (Lipinski definition) is 0. The third-order valence-corrected chi connectivity index (χ3v) is 4.85. The van der Waals surface area contributed by atoms with E-state index in [-0.39, 0.29) is 0 Å². The maximum absolute atomic E-state index is 5.43. The second-order valence-electron chi connectivity index (χ2n) is 5.71. The fraction of sp³-hybridized carbons (Fsp3) is 0.667. The molecule has 114 valence electrons. The number of aryl methyl sites for hydroxylation is 2. The number of alkyl halides is 1. The minimum atomic E-state index is 0.469. The van der Waals surface area contributed by atoms with Crippen molar-refractivity contribution in [3.63, 3.8) is 0 Å². The Hall–Kier alpha value is -0.500. The van der Waals surface area contributed by atoms with Gasteiger partial charge in [-0.25, -0.2) is 0 Å². The van der Waals surface area contributed by atoms with Crippen LogP contribution in [-0.2, 0) is 0 Å². The molecule has 0 saturated heterocycles. The molecule has 0 heterocycles. The van der Waals surface area contributed by atoms with Crippen LogP contribution in [0.4, 0.5) is 0 Å². The van der Waals surface area contributed by atoms with Gasteiger partial charge in [0.05, 0.1) is 7.11 Å². The van der Waals surface area contributed by atoms with Gasteiger partial charge in [-0.05, 0) is 37.0 Å². The second-order valence-corrected chi connectivity index (χ2v) is 6.82. The van der Waals surface area contributed by atoms with Crippen LogP contribution in [0.5, 0.6) is 5.75 Å². The van der Waals surface area contributed by atoms with Crippen LogP contribution >= 0.6 is 15.9 Å². The molecule has 20 heavy (non-hydrogen) atoms. The molecule has 0 N–H and O–H groups in total. The highest BCUT2D eigenvalue weighted by Crippen LogP contribution is 2.33. The van der Waals surface area contributed by atoms with Crippen molar-refractivity contribution in [1.29, 1.82) is 0 Å². The van der Waals surface area contributed by atoms with Gasteiger partial charge in [0, 0.05) is 4.83 Å².